The summed E-state index contributed by atoms with van der Waals surface area (Å²) in [6, 6.07) is 12.9. The van der Waals surface area contributed by atoms with E-state index >= 15 is 0 Å². The first kappa shape index (κ1) is 25.3. The summed E-state index contributed by atoms with van der Waals surface area (Å²) in [5, 5.41) is 0. The standard InChI is InChI=1S/C27H34O5/c1-3-5-7-9-19-31-26(29)23-15-11-21(12-16-23)25(28)22-13-17-24(18-14-22)27(30)32-20-10-8-6-4-2/h11-18H,3-10,19-20H2,1-2H3. The third-order valence-electron chi connectivity index (χ3n) is 5.23. The van der Waals surface area contributed by atoms with Crippen LogP contribution in [-0.2, 0) is 9.47 Å². The smallest absolute Gasteiger partial charge is 0.338 e. The summed E-state index contributed by atoms with van der Waals surface area (Å²) in [5.74, 6) is -0.930. The zero-order valence-electron chi connectivity index (χ0n) is 19.2. The van der Waals surface area contributed by atoms with Crippen LogP contribution in [0.15, 0.2) is 48.5 Å². The number of carbonyl (C=O) groups excluding carboxylic acids is 3. The van der Waals surface area contributed by atoms with Gasteiger partial charge in [0.1, 0.15) is 0 Å². The Kier molecular flexibility index (Phi) is 11.2. The van der Waals surface area contributed by atoms with Crippen LogP contribution >= 0.6 is 0 Å². The van der Waals surface area contributed by atoms with Gasteiger partial charge in [-0.15, -0.1) is 0 Å². The summed E-state index contributed by atoms with van der Waals surface area (Å²) in [4.78, 5) is 36.9. The zero-order valence-corrected chi connectivity index (χ0v) is 19.2. The average molecular weight is 439 g/mol. The van der Waals surface area contributed by atoms with Gasteiger partial charge in [0.15, 0.2) is 5.78 Å². The molecule has 0 radical (unpaired) electrons. The lowest BCUT2D eigenvalue weighted by atomic mass is 10.0. The number of hydrogen-bond donors (Lipinski definition) is 0. The van der Waals surface area contributed by atoms with Crippen LogP contribution in [0.5, 0.6) is 0 Å². The van der Waals surface area contributed by atoms with Crippen LogP contribution in [-0.4, -0.2) is 30.9 Å². The second kappa shape index (κ2) is 14.2. The van der Waals surface area contributed by atoms with Crippen molar-refractivity contribution in [3.63, 3.8) is 0 Å². The van der Waals surface area contributed by atoms with Gasteiger partial charge in [-0.05, 0) is 37.1 Å². The number of esters is 2. The van der Waals surface area contributed by atoms with Crippen LogP contribution in [0.2, 0.25) is 0 Å². The molecule has 0 N–H and O–H groups in total. The summed E-state index contributed by atoms with van der Waals surface area (Å²) in [5.41, 5.74) is 1.79. The molecule has 5 nitrogen and oxygen atoms in total. The Morgan fingerprint density at radius 1 is 0.531 bits per heavy atom. The van der Waals surface area contributed by atoms with Gasteiger partial charge in [0.05, 0.1) is 24.3 Å². The van der Waals surface area contributed by atoms with Crippen molar-refractivity contribution < 1.29 is 23.9 Å². The number of unbranched alkanes of at least 4 members (excludes halogenated alkanes) is 6. The molecule has 0 aromatic heterocycles. The number of ether oxygens (including phenoxy) is 2. The van der Waals surface area contributed by atoms with Gasteiger partial charge in [-0.2, -0.15) is 0 Å². The van der Waals surface area contributed by atoms with E-state index in [2.05, 4.69) is 13.8 Å². The average Bonchev–Trinajstić information content (AvgIpc) is 2.83. The van der Waals surface area contributed by atoms with Crippen molar-refractivity contribution in [1.29, 1.82) is 0 Å². The summed E-state index contributed by atoms with van der Waals surface area (Å²) >= 11 is 0. The maximum absolute atomic E-state index is 12.7. The molecule has 0 saturated heterocycles. The maximum atomic E-state index is 12.7. The highest BCUT2D eigenvalue weighted by Crippen LogP contribution is 2.14. The molecule has 0 bridgehead atoms. The van der Waals surface area contributed by atoms with Gasteiger partial charge in [-0.25, -0.2) is 9.59 Å². The Bertz CT molecular complexity index is 781. The van der Waals surface area contributed by atoms with E-state index in [-0.39, 0.29) is 17.7 Å². The number of ketones is 1. The highest BCUT2D eigenvalue weighted by Gasteiger charge is 2.13. The molecule has 0 unspecified atom stereocenters. The summed E-state index contributed by atoms with van der Waals surface area (Å²) in [6.45, 7) is 5.08. The third kappa shape index (κ3) is 8.29. The normalized spacial score (nSPS) is 10.6. The topological polar surface area (TPSA) is 69.7 Å². The minimum Gasteiger partial charge on any atom is -0.462 e. The van der Waals surface area contributed by atoms with Crippen molar-refractivity contribution in [3.05, 3.63) is 70.8 Å². The molecule has 172 valence electrons. The third-order valence-corrected chi connectivity index (χ3v) is 5.23. The molecular formula is C27H34O5. The van der Waals surface area contributed by atoms with E-state index in [0.717, 1.165) is 51.4 Å². The molecule has 0 spiro atoms. The Morgan fingerprint density at radius 2 is 0.875 bits per heavy atom. The molecule has 0 heterocycles. The van der Waals surface area contributed by atoms with E-state index in [1.807, 2.05) is 0 Å². The van der Waals surface area contributed by atoms with Gasteiger partial charge in [0.2, 0.25) is 0 Å². The van der Waals surface area contributed by atoms with E-state index in [1.54, 1.807) is 48.5 Å². The fraction of sp³-hybridized carbons (Fsp3) is 0.444. The van der Waals surface area contributed by atoms with Crippen LogP contribution in [0.3, 0.4) is 0 Å². The van der Waals surface area contributed by atoms with Crippen molar-refractivity contribution in [2.45, 2.75) is 65.2 Å². The molecule has 32 heavy (non-hydrogen) atoms. The first-order valence-corrected chi connectivity index (χ1v) is 11.7. The number of benzene rings is 2. The van der Waals surface area contributed by atoms with Crippen molar-refractivity contribution in [1.82, 2.24) is 0 Å². The Morgan fingerprint density at radius 3 is 1.22 bits per heavy atom. The Labute approximate surface area is 191 Å². The molecule has 0 amide bonds. The maximum Gasteiger partial charge on any atom is 0.338 e. The SMILES string of the molecule is CCCCCCOC(=O)c1ccc(C(=O)c2ccc(C(=O)OCCCCCC)cc2)cc1. The highest BCUT2D eigenvalue weighted by atomic mass is 16.5. The van der Waals surface area contributed by atoms with Gasteiger partial charge in [-0.3, -0.25) is 4.79 Å². The molecular weight excluding hydrogens is 404 g/mol. The fourth-order valence-electron chi connectivity index (χ4n) is 3.24. The Hall–Kier alpha value is -2.95. The van der Waals surface area contributed by atoms with Crippen molar-refractivity contribution in [2.24, 2.45) is 0 Å². The molecule has 2 rings (SSSR count). The van der Waals surface area contributed by atoms with Crippen molar-refractivity contribution in [2.75, 3.05) is 13.2 Å². The minimum absolute atomic E-state index is 0.177. The predicted molar refractivity (Wildman–Crippen MR) is 125 cm³/mol. The van der Waals surface area contributed by atoms with Gasteiger partial charge in [0, 0.05) is 11.1 Å². The molecule has 2 aromatic carbocycles. The molecule has 0 atom stereocenters. The second-order valence-electron chi connectivity index (χ2n) is 7.88. The van der Waals surface area contributed by atoms with E-state index in [0.29, 0.717) is 35.5 Å². The van der Waals surface area contributed by atoms with Gasteiger partial charge in [-0.1, -0.05) is 76.6 Å². The molecule has 0 fully saturated rings. The fourth-order valence-corrected chi connectivity index (χ4v) is 3.24. The molecule has 0 aliphatic carbocycles. The van der Waals surface area contributed by atoms with Gasteiger partial charge < -0.3 is 9.47 Å². The molecule has 0 aliphatic rings. The predicted octanol–water partition coefficient (Wildman–Crippen LogP) is 6.39. The lowest BCUT2D eigenvalue weighted by molar-refractivity contribution is 0.0488. The Balaban J connectivity index is 1.87. The number of rotatable bonds is 14. The quantitative estimate of drug-likeness (QED) is 0.194. The molecule has 0 saturated carbocycles. The van der Waals surface area contributed by atoms with Crippen LogP contribution in [0.25, 0.3) is 0 Å². The molecule has 2 aromatic rings. The van der Waals surface area contributed by atoms with E-state index in [4.69, 9.17) is 9.47 Å². The van der Waals surface area contributed by atoms with Crippen LogP contribution in [0.1, 0.15) is 102 Å². The van der Waals surface area contributed by atoms with Crippen LogP contribution in [0.4, 0.5) is 0 Å². The summed E-state index contributed by atoms with van der Waals surface area (Å²) in [6.07, 6.45) is 8.35. The summed E-state index contributed by atoms with van der Waals surface area (Å²) < 4.78 is 10.5. The van der Waals surface area contributed by atoms with Gasteiger partial charge in [0.25, 0.3) is 0 Å². The van der Waals surface area contributed by atoms with E-state index < -0.39 is 0 Å². The lowest BCUT2D eigenvalue weighted by Gasteiger charge is -2.07. The first-order chi connectivity index (χ1) is 15.6. The zero-order chi connectivity index (χ0) is 23.2. The van der Waals surface area contributed by atoms with E-state index in [1.165, 1.54) is 0 Å². The van der Waals surface area contributed by atoms with Gasteiger partial charge >= 0.3 is 11.9 Å². The van der Waals surface area contributed by atoms with Crippen LogP contribution in [0, 0.1) is 0 Å². The lowest BCUT2D eigenvalue weighted by Crippen LogP contribution is -2.08. The van der Waals surface area contributed by atoms with E-state index in [9.17, 15) is 14.4 Å². The molecule has 5 heteroatoms. The summed E-state index contributed by atoms with van der Waals surface area (Å²) in [7, 11) is 0. The highest BCUT2D eigenvalue weighted by molar-refractivity contribution is 6.09. The molecule has 0 aliphatic heterocycles. The largest absolute Gasteiger partial charge is 0.462 e. The van der Waals surface area contributed by atoms with Crippen LogP contribution < -0.4 is 0 Å². The second-order valence-corrected chi connectivity index (χ2v) is 7.88. The minimum atomic E-state index is -0.377. The number of carbonyl (C=O) groups is 3. The van der Waals surface area contributed by atoms with Crippen molar-refractivity contribution >= 4 is 17.7 Å². The first-order valence-electron chi connectivity index (χ1n) is 11.7. The monoisotopic (exact) mass is 438 g/mol. The van der Waals surface area contributed by atoms with Crippen molar-refractivity contribution in [3.8, 4) is 0 Å². The number of hydrogen-bond acceptors (Lipinski definition) is 5.